The largest absolute Gasteiger partial charge is 0.381 e. The second kappa shape index (κ2) is 6.87. The van der Waals surface area contributed by atoms with Gasteiger partial charge in [0.1, 0.15) is 5.76 Å². The highest BCUT2D eigenvalue weighted by Crippen LogP contribution is 2.17. The minimum absolute atomic E-state index is 0.142. The van der Waals surface area contributed by atoms with Crippen LogP contribution in [0.25, 0.3) is 0 Å². The summed E-state index contributed by atoms with van der Waals surface area (Å²) in [5, 5.41) is 3.87. The molecule has 2 rings (SSSR count). The maximum Gasteiger partial charge on any atom is 0.279 e. The van der Waals surface area contributed by atoms with Gasteiger partial charge in [0, 0.05) is 32.2 Å². The smallest absolute Gasteiger partial charge is 0.279 e. The normalized spacial score (nSPS) is 18.5. The number of aromatic nitrogens is 1. The van der Waals surface area contributed by atoms with Gasteiger partial charge in [-0.3, -0.25) is 0 Å². The quantitative estimate of drug-likeness (QED) is 0.853. The fourth-order valence-electron chi connectivity index (χ4n) is 2.25. The van der Waals surface area contributed by atoms with E-state index in [0.29, 0.717) is 18.8 Å². The van der Waals surface area contributed by atoms with Crippen molar-refractivity contribution >= 4 is 10.2 Å². The molecule has 21 heavy (non-hydrogen) atoms. The molecular formula is C13H23N3O4S. The van der Waals surface area contributed by atoms with E-state index >= 15 is 0 Å². The van der Waals surface area contributed by atoms with Gasteiger partial charge in [-0.15, -0.1) is 0 Å². The summed E-state index contributed by atoms with van der Waals surface area (Å²) in [6.07, 6.45) is 1.60. The van der Waals surface area contributed by atoms with Crippen LogP contribution in [-0.4, -0.2) is 44.2 Å². The summed E-state index contributed by atoms with van der Waals surface area (Å²) in [5.74, 6) is 0.987. The molecule has 0 unspecified atom stereocenters. The monoisotopic (exact) mass is 317 g/mol. The van der Waals surface area contributed by atoms with Gasteiger partial charge in [0.25, 0.3) is 10.2 Å². The number of nitrogens with one attached hydrogen (secondary N) is 1. The number of ether oxygens (including phenoxy) is 1. The van der Waals surface area contributed by atoms with Gasteiger partial charge >= 0.3 is 0 Å². The molecule has 1 aromatic heterocycles. The van der Waals surface area contributed by atoms with Crippen molar-refractivity contribution in [3.05, 3.63) is 17.5 Å². The highest BCUT2D eigenvalue weighted by atomic mass is 32.2. The highest BCUT2D eigenvalue weighted by Gasteiger charge is 2.27. The molecule has 2 heterocycles. The van der Waals surface area contributed by atoms with Gasteiger partial charge < -0.3 is 9.26 Å². The average Bonchev–Trinajstić information content (AvgIpc) is 2.94. The topological polar surface area (TPSA) is 84.7 Å². The van der Waals surface area contributed by atoms with Crippen LogP contribution in [0.3, 0.4) is 0 Å². The molecular weight excluding hydrogens is 294 g/mol. The molecule has 1 fully saturated rings. The predicted molar refractivity (Wildman–Crippen MR) is 78.0 cm³/mol. The third-order valence-corrected chi connectivity index (χ3v) is 5.21. The molecule has 1 aliphatic heterocycles. The number of piperidine rings is 1. The van der Waals surface area contributed by atoms with Gasteiger partial charge in [0.05, 0.1) is 18.3 Å². The average molecular weight is 317 g/mol. The van der Waals surface area contributed by atoms with Crippen molar-refractivity contribution in [2.75, 3.05) is 20.2 Å². The number of hydrogen-bond acceptors (Lipinski definition) is 5. The molecule has 0 aliphatic carbocycles. The molecule has 0 aromatic carbocycles. The Morgan fingerprint density at radius 1 is 1.48 bits per heavy atom. The molecule has 1 aliphatic rings. The van der Waals surface area contributed by atoms with Crippen molar-refractivity contribution in [1.29, 1.82) is 0 Å². The number of rotatable bonds is 6. The number of nitrogens with zero attached hydrogens (tertiary/aromatic N) is 2. The fraction of sp³-hybridized carbons (Fsp3) is 0.769. The molecule has 120 valence electrons. The minimum atomic E-state index is -3.48. The first-order valence-corrected chi connectivity index (χ1v) is 8.59. The molecule has 8 heteroatoms. The molecule has 0 atom stereocenters. The van der Waals surface area contributed by atoms with Crippen molar-refractivity contribution in [3.63, 3.8) is 0 Å². The lowest BCUT2D eigenvalue weighted by molar-refractivity contribution is 0.0602. The zero-order valence-corrected chi connectivity index (χ0v) is 13.5. The van der Waals surface area contributed by atoms with Crippen LogP contribution in [0.4, 0.5) is 0 Å². The lowest BCUT2D eigenvalue weighted by Crippen LogP contribution is -2.46. The van der Waals surface area contributed by atoms with Crippen LogP contribution in [0.2, 0.25) is 0 Å². The lowest BCUT2D eigenvalue weighted by Gasteiger charge is -2.30. The SMILES string of the molecule is COC1CCN(S(=O)(=O)NCc2cc(C(C)C)on2)CC1. The molecule has 1 aromatic rings. The zero-order valence-electron chi connectivity index (χ0n) is 12.7. The second-order valence-corrected chi connectivity index (χ2v) is 7.29. The van der Waals surface area contributed by atoms with Crippen molar-refractivity contribution in [3.8, 4) is 0 Å². The lowest BCUT2D eigenvalue weighted by atomic mass is 10.1. The van der Waals surface area contributed by atoms with Gasteiger partial charge in [-0.25, -0.2) is 0 Å². The van der Waals surface area contributed by atoms with Crippen molar-refractivity contribution in [1.82, 2.24) is 14.2 Å². The van der Waals surface area contributed by atoms with Crippen LogP contribution in [0, 0.1) is 0 Å². The number of hydrogen-bond donors (Lipinski definition) is 1. The van der Waals surface area contributed by atoms with E-state index in [1.807, 2.05) is 13.8 Å². The molecule has 0 radical (unpaired) electrons. The summed E-state index contributed by atoms with van der Waals surface area (Å²) >= 11 is 0. The first kappa shape index (κ1) is 16.4. The highest BCUT2D eigenvalue weighted by molar-refractivity contribution is 7.87. The fourth-order valence-corrected chi connectivity index (χ4v) is 3.45. The Kier molecular flexibility index (Phi) is 5.37. The first-order chi connectivity index (χ1) is 9.92. The van der Waals surface area contributed by atoms with Gasteiger partial charge in [0.15, 0.2) is 0 Å². The van der Waals surface area contributed by atoms with E-state index in [0.717, 1.165) is 18.6 Å². The van der Waals surface area contributed by atoms with E-state index in [4.69, 9.17) is 9.26 Å². The van der Waals surface area contributed by atoms with Crippen molar-refractivity contribution in [2.45, 2.75) is 45.3 Å². The van der Waals surface area contributed by atoms with Crippen LogP contribution in [0.5, 0.6) is 0 Å². The summed E-state index contributed by atoms with van der Waals surface area (Å²) in [6.45, 7) is 5.08. The Labute approximate surface area is 125 Å². The predicted octanol–water partition coefficient (Wildman–Crippen LogP) is 1.24. The molecule has 0 saturated carbocycles. The maximum atomic E-state index is 12.2. The van der Waals surface area contributed by atoms with Gasteiger partial charge in [-0.1, -0.05) is 19.0 Å². The van der Waals surface area contributed by atoms with Crippen LogP contribution < -0.4 is 4.72 Å². The Hall–Kier alpha value is -0.960. The van der Waals surface area contributed by atoms with Crippen LogP contribution in [0.1, 0.15) is 44.1 Å². The van der Waals surface area contributed by atoms with E-state index in [2.05, 4.69) is 9.88 Å². The van der Waals surface area contributed by atoms with Crippen LogP contribution in [0.15, 0.2) is 10.6 Å². The van der Waals surface area contributed by atoms with E-state index < -0.39 is 10.2 Å². The van der Waals surface area contributed by atoms with Crippen molar-refractivity contribution < 1.29 is 17.7 Å². The van der Waals surface area contributed by atoms with Gasteiger partial charge in [0.2, 0.25) is 0 Å². The molecule has 0 amide bonds. The summed E-state index contributed by atoms with van der Waals surface area (Å²) < 4.78 is 38.8. The molecule has 0 bridgehead atoms. The summed E-state index contributed by atoms with van der Waals surface area (Å²) in [6, 6.07) is 1.78. The van der Waals surface area contributed by atoms with E-state index in [1.54, 1.807) is 13.2 Å². The molecule has 1 N–H and O–H groups in total. The van der Waals surface area contributed by atoms with E-state index in [-0.39, 0.29) is 18.6 Å². The summed E-state index contributed by atoms with van der Waals surface area (Å²) in [5.41, 5.74) is 0.592. The third kappa shape index (κ3) is 4.26. The minimum Gasteiger partial charge on any atom is -0.381 e. The van der Waals surface area contributed by atoms with Crippen molar-refractivity contribution in [2.24, 2.45) is 0 Å². The van der Waals surface area contributed by atoms with E-state index in [1.165, 1.54) is 4.31 Å². The molecule has 7 nitrogen and oxygen atoms in total. The van der Waals surface area contributed by atoms with Gasteiger partial charge in [-0.05, 0) is 12.8 Å². The third-order valence-electron chi connectivity index (χ3n) is 3.66. The Morgan fingerprint density at radius 3 is 2.67 bits per heavy atom. The van der Waals surface area contributed by atoms with E-state index in [9.17, 15) is 8.42 Å². The first-order valence-electron chi connectivity index (χ1n) is 7.15. The van der Waals surface area contributed by atoms with Crippen LogP contribution >= 0.6 is 0 Å². The number of methoxy groups -OCH3 is 1. The maximum absolute atomic E-state index is 12.2. The second-order valence-electron chi connectivity index (χ2n) is 5.54. The Bertz CT molecular complexity index is 548. The summed E-state index contributed by atoms with van der Waals surface area (Å²) in [7, 11) is -1.82. The van der Waals surface area contributed by atoms with Crippen LogP contribution in [-0.2, 0) is 21.5 Å². The Morgan fingerprint density at radius 2 is 2.14 bits per heavy atom. The molecule has 0 spiro atoms. The van der Waals surface area contributed by atoms with Gasteiger partial charge in [-0.2, -0.15) is 17.4 Å². The standard InChI is InChI=1S/C13H23N3O4S/c1-10(2)13-8-11(15-20-13)9-14-21(17,18)16-6-4-12(19-3)5-7-16/h8,10,12,14H,4-7,9H2,1-3H3. The Balaban J connectivity index is 1.89. The summed E-state index contributed by atoms with van der Waals surface area (Å²) in [4.78, 5) is 0. The zero-order chi connectivity index (χ0) is 15.5. The molecule has 1 saturated heterocycles.